The molecule has 0 spiro atoms. The largest absolute Gasteiger partial charge is 0.480 e. The average Bonchev–Trinajstić information content (AvgIpc) is 3.09. The summed E-state index contributed by atoms with van der Waals surface area (Å²) in [7, 11) is 0. The number of carboxylic acids is 1. The summed E-state index contributed by atoms with van der Waals surface area (Å²) in [5.41, 5.74) is 3.48. The summed E-state index contributed by atoms with van der Waals surface area (Å²) >= 11 is 0. The number of carboxylic acid groups (broad SMARTS) is 1. The highest BCUT2D eigenvalue weighted by atomic mass is 16.5. The van der Waals surface area contributed by atoms with Gasteiger partial charge in [-0.25, -0.2) is 9.59 Å². The van der Waals surface area contributed by atoms with Crippen molar-refractivity contribution in [1.29, 1.82) is 0 Å². The van der Waals surface area contributed by atoms with Gasteiger partial charge in [-0.05, 0) is 42.5 Å². The normalized spacial score (nSPS) is 13.4. The maximum Gasteiger partial charge on any atom is 0.407 e. The molecule has 7 heteroatoms. The molecule has 2 amide bonds. The Morgan fingerprint density at radius 2 is 1.66 bits per heavy atom. The maximum atomic E-state index is 12.5. The van der Waals surface area contributed by atoms with Crippen molar-refractivity contribution in [3.63, 3.8) is 0 Å². The van der Waals surface area contributed by atoms with Gasteiger partial charge in [-0.2, -0.15) is 0 Å². The van der Waals surface area contributed by atoms with E-state index in [0.717, 1.165) is 22.3 Å². The van der Waals surface area contributed by atoms with Crippen LogP contribution in [-0.2, 0) is 14.3 Å². The molecule has 2 aromatic rings. The molecule has 0 saturated carbocycles. The first kappa shape index (κ1) is 23.1. The molecule has 1 aliphatic carbocycles. The zero-order valence-corrected chi connectivity index (χ0v) is 18.3. The first-order valence-corrected chi connectivity index (χ1v) is 10.5. The molecule has 0 radical (unpaired) electrons. The molecular weight excluding hydrogens is 408 g/mol. The molecule has 3 rings (SSSR count). The Morgan fingerprint density at radius 1 is 1.09 bits per heavy atom. The fourth-order valence-electron chi connectivity index (χ4n) is 3.76. The minimum Gasteiger partial charge on any atom is -0.480 e. The van der Waals surface area contributed by atoms with Crippen LogP contribution in [0.3, 0.4) is 0 Å². The van der Waals surface area contributed by atoms with Crippen molar-refractivity contribution >= 4 is 18.0 Å². The van der Waals surface area contributed by atoms with Crippen LogP contribution in [-0.4, -0.2) is 42.3 Å². The van der Waals surface area contributed by atoms with Gasteiger partial charge < -0.3 is 20.5 Å². The number of aliphatic carboxylic acids is 1. The van der Waals surface area contributed by atoms with E-state index < -0.39 is 29.4 Å². The Kier molecular flexibility index (Phi) is 6.98. The summed E-state index contributed by atoms with van der Waals surface area (Å²) in [5, 5.41) is 14.3. The van der Waals surface area contributed by atoms with Crippen LogP contribution >= 0.6 is 0 Å². The third kappa shape index (κ3) is 4.99. The van der Waals surface area contributed by atoms with Gasteiger partial charge in [0.15, 0.2) is 0 Å². The summed E-state index contributed by atoms with van der Waals surface area (Å²) in [6.45, 7) is 6.92. The van der Waals surface area contributed by atoms with Crippen LogP contribution in [0.15, 0.2) is 61.2 Å². The molecule has 0 aromatic heterocycles. The maximum absolute atomic E-state index is 12.5. The Labute approximate surface area is 187 Å². The predicted molar refractivity (Wildman–Crippen MR) is 121 cm³/mol. The van der Waals surface area contributed by atoms with Gasteiger partial charge in [-0.1, -0.05) is 54.6 Å². The number of fused-ring (bicyclic) bond motifs is 3. The first-order valence-electron chi connectivity index (χ1n) is 10.5. The molecule has 2 aromatic carbocycles. The van der Waals surface area contributed by atoms with Gasteiger partial charge in [0.1, 0.15) is 12.6 Å². The fraction of sp³-hybridized carbons (Fsp3) is 0.320. The van der Waals surface area contributed by atoms with E-state index in [1.54, 1.807) is 13.8 Å². The quantitative estimate of drug-likeness (QED) is 0.520. The number of nitrogens with one attached hydrogen (secondary N) is 2. The van der Waals surface area contributed by atoms with Crippen LogP contribution in [0.25, 0.3) is 11.1 Å². The average molecular weight is 437 g/mol. The van der Waals surface area contributed by atoms with E-state index in [4.69, 9.17) is 4.74 Å². The third-order valence-corrected chi connectivity index (χ3v) is 5.64. The van der Waals surface area contributed by atoms with Crippen LogP contribution in [0.5, 0.6) is 0 Å². The summed E-state index contributed by atoms with van der Waals surface area (Å²) in [4.78, 5) is 36.1. The highest BCUT2D eigenvalue weighted by Gasteiger charge is 2.32. The number of benzene rings is 2. The molecule has 7 nitrogen and oxygen atoms in total. The lowest BCUT2D eigenvalue weighted by molar-refractivity contribution is -0.143. The van der Waals surface area contributed by atoms with Crippen LogP contribution in [0, 0.1) is 5.41 Å². The van der Waals surface area contributed by atoms with Crippen LogP contribution in [0.2, 0.25) is 0 Å². The van der Waals surface area contributed by atoms with Gasteiger partial charge in [0, 0.05) is 12.5 Å². The number of carbonyl (C=O) groups excluding carboxylic acids is 2. The Morgan fingerprint density at radius 3 is 2.19 bits per heavy atom. The van der Waals surface area contributed by atoms with Crippen molar-refractivity contribution in [3.05, 3.63) is 72.3 Å². The number of amides is 2. The summed E-state index contributed by atoms with van der Waals surface area (Å²) < 4.78 is 5.48. The molecule has 3 N–H and O–H groups in total. The molecule has 0 bridgehead atoms. The van der Waals surface area contributed by atoms with Gasteiger partial charge in [-0.15, -0.1) is 6.58 Å². The van der Waals surface area contributed by atoms with E-state index in [2.05, 4.69) is 29.3 Å². The van der Waals surface area contributed by atoms with Crippen molar-refractivity contribution < 1.29 is 24.2 Å². The molecule has 0 saturated heterocycles. The third-order valence-electron chi connectivity index (χ3n) is 5.64. The lowest BCUT2D eigenvalue weighted by atomic mass is 9.91. The topological polar surface area (TPSA) is 105 Å². The highest BCUT2D eigenvalue weighted by molar-refractivity contribution is 5.87. The van der Waals surface area contributed by atoms with E-state index in [0.29, 0.717) is 0 Å². The second kappa shape index (κ2) is 9.68. The van der Waals surface area contributed by atoms with Gasteiger partial charge >= 0.3 is 12.1 Å². The van der Waals surface area contributed by atoms with Crippen molar-refractivity contribution in [2.75, 3.05) is 13.2 Å². The number of carbonyl (C=O) groups is 3. The van der Waals surface area contributed by atoms with E-state index in [1.807, 2.05) is 36.4 Å². The van der Waals surface area contributed by atoms with Gasteiger partial charge in [-0.3, -0.25) is 4.79 Å². The van der Waals surface area contributed by atoms with Crippen molar-refractivity contribution in [2.45, 2.75) is 32.2 Å². The zero-order chi connectivity index (χ0) is 23.3. The van der Waals surface area contributed by atoms with Gasteiger partial charge in [0.05, 0.1) is 5.41 Å². The minimum atomic E-state index is -1.14. The second-order valence-electron chi connectivity index (χ2n) is 8.45. The SMILES string of the molecule is C=CCC(NC(=O)C(C)(C)CNC(=O)OCC1c2ccccc2-c2ccccc21)C(=O)O. The summed E-state index contributed by atoms with van der Waals surface area (Å²) in [5.74, 6) is -1.68. The fourth-order valence-corrected chi connectivity index (χ4v) is 3.76. The van der Waals surface area contributed by atoms with E-state index >= 15 is 0 Å². The molecule has 168 valence electrons. The van der Waals surface area contributed by atoms with E-state index in [9.17, 15) is 19.5 Å². The molecule has 32 heavy (non-hydrogen) atoms. The predicted octanol–water partition coefficient (Wildman–Crippen LogP) is 3.70. The monoisotopic (exact) mass is 436 g/mol. The minimum absolute atomic E-state index is 0.00403. The van der Waals surface area contributed by atoms with Crippen molar-refractivity contribution in [1.82, 2.24) is 10.6 Å². The summed E-state index contributed by atoms with van der Waals surface area (Å²) in [6, 6.07) is 15.1. The smallest absolute Gasteiger partial charge is 0.407 e. The molecule has 1 atom stereocenters. The van der Waals surface area contributed by atoms with E-state index in [-0.39, 0.29) is 25.5 Å². The number of hydrogen-bond acceptors (Lipinski definition) is 4. The molecular formula is C25H28N2O5. The molecule has 0 fully saturated rings. The van der Waals surface area contributed by atoms with Crippen LogP contribution in [0.4, 0.5) is 4.79 Å². The van der Waals surface area contributed by atoms with Gasteiger partial charge in [0.25, 0.3) is 0 Å². The lowest BCUT2D eigenvalue weighted by Crippen LogP contribution is -2.50. The Balaban J connectivity index is 1.57. The number of hydrogen-bond donors (Lipinski definition) is 3. The summed E-state index contributed by atoms with van der Waals surface area (Å²) in [6.07, 6.45) is 0.909. The highest BCUT2D eigenvalue weighted by Crippen LogP contribution is 2.44. The molecule has 0 heterocycles. The molecule has 0 aliphatic heterocycles. The molecule has 1 unspecified atom stereocenters. The number of rotatable bonds is 9. The Bertz CT molecular complexity index is 985. The Hall–Kier alpha value is -3.61. The number of ether oxygens (including phenoxy) is 1. The van der Waals surface area contributed by atoms with Gasteiger partial charge in [0.2, 0.25) is 5.91 Å². The second-order valence-corrected chi connectivity index (χ2v) is 8.45. The molecule has 1 aliphatic rings. The van der Waals surface area contributed by atoms with Crippen LogP contribution in [0.1, 0.15) is 37.3 Å². The van der Waals surface area contributed by atoms with Crippen molar-refractivity contribution in [3.8, 4) is 11.1 Å². The van der Waals surface area contributed by atoms with E-state index in [1.165, 1.54) is 6.08 Å². The lowest BCUT2D eigenvalue weighted by Gasteiger charge is -2.26. The van der Waals surface area contributed by atoms with Crippen molar-refractivity contribution in [2.24, 2.45) is 5.41 Å². The standard InChI is InChI=1S/C25H28N2O5/c1-4-9-21(22(28)29)27-23(30)25(2,3)15-26-24(31)32-14-20-18-12-7-5-10-16(18)17-11-6-8-13-19(17)20/h4-8,10-13,20-21H,1,9,14-15H2,2-3H3,(H,26,31)(H,27,30)(H,28,29). The zero-order valence-electron chi connectivity index (χ0n) is 18.3. The number of alkyl carbamates (subject to hydrolysis) is 1. The first-order chi connectivity index (χ1) is 15.2. The van der Waals surface area contributed by atoms with Crippen LogP contribution < -0.4 is 10.6 Å².